The first kappa shape index (κ1) is 8.16. The van der Waals surface area contributed by atoms with Gasteiger partial charge in [0.15, 0.2) is 0 Å². The van der Waals surface area contributed by atoms with Crippen LogP contribution in [0.1, 0.15) is 18.3 Å². The molecule has 0 saturated heterocycles. The van der Waals surface area contributed by atoms with Gasteiger partial charge in [0, 0.05) is 12.7 Å². The molecule has 0 amide bonds. The Kier molecular flexibility index (Phi) is 1.76. The molecular formula is C9H12N4. The van der Waals surface area contributed by atoms with Gasteiger partial charge in [-0.05, 0) is 26.0 Å². The lowest BCUT2D eigenvalue weighted by atomic mass is 10.2. The highest BCUT2D eigenvalue weighted by Crippen LogP contribution is 2.22. The molecule has 1 aromatic rings. The Morgan fingerprint density at radius 3 is 2.69 bits per heavy atom. The molecule has 13 heavy (non-hydrogen) atoms. The van der Waals surface area contributed by atoms with Crippen molar-refractivity contribution in [1.29, 1.82) is 0 Å². The molecule has 1 aromatic heterocycles. The zero-order chi connectivity index (χ0) is 9.42. The standard InChI is InChI=1S/C9H12N4/c1-6-4-8(11-10-6)9-5-7(2)13(3)12-9/h4-6H,1-3H3/t6-/m0/s1. The number of azo groups is 1. The average Bonchev–Trinajstić information content (AvgIpc) is 2.61. The van der Waals surface area contributed by atoms with E-state index < -0.39 is 0 Å². The van der Waals surface area contributed by atoms with Crippen molar-refractivity contribution >= 4 is 5.70 Å². The average molecular weight is 176 g/mol. The van der Waals surface area contributed by atoms with Gasteiger partial charge in [-0.2, -0.15) is 15.3 Å². The third kappa shape index (κ3) is 1.39. The van der Waals surface area contributed by atoms with Crippen molar-refractivity contribution in [1.82, 2.24) is 9.78 Å². The van der Waals surface area contributed by atoms with E-state index in [4.69, 9.17) is 0 Å². The predicted molar refractivity (Wildman–Crippen MR) is 50.2 cm³/mol. The van der Waals surface area contributed by atoms with Gasteiger partial charge in [0.05, 0.1) is 6.04 Å². The fourth-order valence-electron chi connectivity index (χ4n) is 1.27. The summed E-state index contributed by atoms with van der Waals surface area (Å²) < 4.78 is 1.84. The second-order valence-corrected chi connectivity index (χ2v) is 3.30. The lowest BCUT2D eigenvalue weighted by Gasteiger charge is -1.89. The molecule has 0 N–H and O–H groups in total. The third-order valence-corrected chi connectivity index (χ3v) is 2.12. The van der Waals surface area contributed by atoms with Crippen molar-refractivity contribution in [3.05, 3.63) is 23.5 Å². The Hall–Kier alpha value is -1.45. The van der Waals surface area contributed by atoms with Crippen LogP contribution in [0.25, 0.3) is 5.70 Å². The number of hydrogen-bond donors (Lipinski definition) is 0. The van der Waals surface area contributed by atoms with E-state index in [9.17, 15) is 0 Å². The second-order valence-electron chi connectivity index (χ2n) is 3.30. The van der Waals surface area contributed by atoms with Crippen LogP contribution in [0, 0.1) is 6.92 Å². The van der Waals surface area contributed by atoms with Gasteiger partial charge in [-0.3, -0.25) is 4.68 Å². The Morgan fingerprint density at radius 2 is 2.23 bits per heavy atom. The summed E-state index contributed by atoms with van der Waals surface area (Å²) >= 11 is 0. The first-order valence-corrected chi connectivity index (χ1v) is 4.30. The molecule has 0 spiro atoms. The van der Waals surface area contributed by atoms with Gasteiger partial charge in [0.2, 0.25) is 0 Å². The summed E-state index contributed by atoms with van der Waals surface area (Å²) in [5, 5.41) is 12.4. The molecule has 1 atom stereocenters. The van der Waals surface area contributed by atoms with Crippen molar-refractivity contribution in [2.75, 3.05) is 0 Å². The van der Waals surface area contributed by atoms with Crippen LogP contribution in [-0.4, -0.2) is 15.8 Å². The maximum Gasteiger partial charge on any atom is 0.113 e. The SMILES string of the molecule is Cc1cc(C2=C[C@H](C)N=N2)nn1C. The Bertz CT molecular complexity index is 367. The maximum atomic E-state index is 4.32. The van der Waals surface area contributed by atoms with Crippen LogP contribution >= 0.6 is 0 Å². The molecule has 2 rings (SSSR count). The summed E-state index contributed by atoms with van der Waals surface area (Å²) in [5.41, 5.74) is 2.93. The first-order valence-electron chi connectivity index (χ1n) is 4.30. The second kappa shape index (κ2) is 2.80. The zero-order valence-corrected chi connectivity index (χ0v) is 8.02. The molecule has 2 heterocycles. The quantitative estimate of drug-likeness (QED) is 0.644. The van der Waals surface area contributed by atoms with Gasteiger partial charge in [-0.25, -0.2) is 0 Å². The topological polar surface area (TPSA) is 42.5 Å². The van der Waals surface area contributed by atoms with E-state index in [1.807, 2.05) is 37.7 Å². The molecule has 0 fully saturated rings. The number of aromatic nitrogens is 2. The molecule has 4 heteroatoms. The molecule has 0 unspecified atom stereocenters. The highest BCUT2D eigenvalue weighted by atomic mass is 15.3. The van der Waals surface area contributed by atoms with E-state index in [0.717, 1.165) is 17.1 Å². The lowest BCUT2D eigenvalue weighted by molar-refractivity contribution is 0.736. The zero-order valence-electron chi connectivity index (χ0n) is 8.02. The van der Waals surface area contributed by atoms with Gasteiger partial charge in [0.1, 0.15) is 11.4 Å². The van der Waals surface area contributed by atoms with Gasteiger partial charge < -0.3 is 0 Å². The highest BCUT2D eigenvalue weighted by molar-refractivity contribution is 5.63. The fraction of sp³-hybridized carbons (Fsp3) is 0.444. The minimum absolute atomic E-state index is 0.192. The van der Waals surface area contributed by atoms with Crippen molar-refractivity contribution in [2.24, 2.45) is 17.3 Å². The number of rotatable bonds is 1. The molecule has 0 aromatic carbocycles. The molecule has 1 aliphatic rings. The van der Waals surface area contributed by atoms with Crippen LogP contribution < -0.4 is 0 Å². The van der Waals surface area contributed by atoms with Crippen molar-refractivity contribution < 1.29 is 0 Å². The minimum Gasteiger partial charge on any atom is -0.272 e. The van der Waals surface area contributed by atoms with E-state index in [-0.39, 0.29) is 6.04 Å². The van der Waals surface area contributed by atoms with Crippen LogP contribution in [0.4, 0.5) is 0 Å². The molecule has 0 radical (unpaired) electrons. The van der Waals surface area contributed by atoms with Crippen LogP contribution in [0.5, 0.6) is 0 Å². The molecule has 0 saturated carbocycles. The summed E-state index contributed by atoms with van der Waals surface area (Å²) in [7, 11) is 1.93. The highest BCUT2D eigenvalue weighted by Gasteiger charge is 2.12. The van der Waals surface area contributed by atoms with Crippen molar-refractivity contribution in [3.63, 3.8) is 0 Å². The van der Waals surface area contributed by atoms with E-state index in [0.29, 0.717) is 0 Å². The van der Waals surface area contributed by atoms with Crippen LogP contribution in [0.3, 0.4) is 0 Å². The van der Waals surface area contributed by atoms with Gasteiger partial charge in [-0.1, -0.05) is 0 Å². The van der Waals surface area contributed by atoms with Crippen molar-refractivity contribution in [3.8, 4) is 0 Å². The smallest absolute Gasteiger partial charge is 0.113 e. The normalized spacial score (nSPS) is 20.8. The predicted octanol–water partition coefficient (Wildman–Crippen LogP) is 1.92. The monoisotopic (exact) mass is 176 g/mol. The van der Waals surface area contributed by atoms with E-state index >= 15 is 0 Å². The summed E-state index contributed by atoms with van der Waals surface area (Å²) in [4.78, 5) is 0. The number of aryl methyl sites for hydroxylation is 2. The summed E-state index contributed by atoms with van der Waals surface area (Å²) in [6.45, 7) is 4.03. The summed E-state index contributed by atoms with van der Waals surface area (Å²) in [6, 6.07) is 2.21. The summed E-state index contributed by atoms with van der Waals surface area (Å²) in [5.74, 6) is 0. The van der Waals surface area contributed by atoms with E-state index in [2.05, 4.69) is 15.3 Å². The molecule has 68 valence electrons. The number of hydrogen-bond acceptors (Lipinski definition) is 3. The van der Waals surface area contributed by atoms with Crippen LogP contribution in [-0.2, 0) is 7.05 Å². The largest absolute Gasteiger partial charge is 0.272 e. The maximum absolute atomic E-state index is 4.32. The fourth-order valence-corrected chi connectivity index (χ4v) is 1.27. The van der Waals surface area contributed by atoms with E-state index in [1.54, 1.807) is 0 Å². The lowest BCUT2D eigenvalue weighted by Crippen LogP contribution is -1.93. The third-order valence-electron chi connectivity index (χ3n) is 2.12. The van der Waals surface area contributed by atoms with Gasteiger partial charge in [-0.15, -0.1) is 0 Å². The Labute approximate surface area is 77.0 Å². The molecule has 0 aliphatic carbocycles. The minimum atomic E-state index is 0.192. The summed E-state index contributed by atoms with van der Waals surface area (Å²) in [6.07, 6.45) is 2.02. The first-order chi connectivity index (χ1) is 6.16. The molecule has 1 aliphatic heterocycles. The number of nitrogens with zero attached hydrogens (tertiary/aromatic N) is 4. The van der Waals surface area contributed by atoms with Gasteiger partial charge >= 0.3 is 0 Å². The Balaban J connectivity index is 2.37. The van der Waals surface area contributed by atoms with E-state index in [1.165, 1.54) is 0 Å². The van der Waals surface area contributed by atoms with Crippen molar-refractivity contribution in [2.45, 2.75) is 19.9 Å². The Morgan fingerprint density at radius 1 is 1.46 bits per heavy atom. The molecule has 0 bridgehead atoms. The van der Waals surface area contributed by atoms with Crippen LogP contribution in [0.2, 0.25) is 0 Å². The molecule has 4 nitrogen and oxygen atoms in total. The van der Waals surface area contributed by atoms with Crippen LogP contribution in [0.15, 0.2) is 22.4 Å². The molecular weight excluding hydrogens is 164 g/mol. The van der Waals surface area contributed by atoms with Gasteiger partial charge in [0.25, 0.3) is 0 Å².